The number of carbonyl (C=O) groups excluding carboxylic acids is 6. The Balaban J connectivity index is 3.07. The molecular weight excluding hydrogens is 506 g/mol. The molecule has 6 amide bonds. The van der Waals surface area contributed by atoms with Crippen LogP contribution in [0.25, 0.3) is 0 Å². The standard InChI is InChI=1S/C22H31N7O9/c23-12(8-17(25)32)19(34)28-14(9-18(26)33)21(36)27-13(5-6-16(24)31)20(35)29-15(22(37)38)7-10-1-3-11(30)4-2-10/h1-4,12-15,30H,5-9,23H2,(H2,24,31)(H2,25,32)(H2,26,33)(H,27,36)(H,28,34)(H,29,35)(H,37,38). The van der Waals surface area contributed by atoms with Gasteiger partial charge in [0.25, 0.3) is 0 Å². The van der Waals surface area contributed by atoms with E-state index in [-0.39, 0.29) is 25.0 Å². The van der Waals surface area contributed by atoms with Gasteiger partial charge in [-0.3, -0.25) is 28.8 Å². The lowest BCUT2D eigenvalue weighted by atomic mass is 10.0. The molecule has 0 aliphatic carbocycles. The molecule has 0 spiro atoms. The zero-order chi connectivity index (χ0) is 29.0. The van der Waals surface area contributed by atoms with Gasteiger partial charge in [0, 0.05) is 12.8 Å². The molecular formula is C22H31N7O9. The lowest BCUT2D eigenvalue weighted by Crippen LogP contribution is -2.58. The van der Waals surface area contributed by atoms with Crippen LogP contribution in [0.4, 0.5) is 0 Å². The van der Waals surface area contributed by atoms with Gasteiger partial charge in [-0.2, -0.15) is 0 Å². The number of aliphatic carboxylic acids is 1. The number of benzene rings is 1. The van der Waals surface area contributed by atoms with E-state index in [9.17, 15) is 43.8 Å². The van der Waals surface area contributed by atoms with Crippen molar-refractivity contribution in [2.45, 2.75) is 56.3 Å². The second kappa shape index (κ2) is 14.7. The zero-order valence-electron chi connectivity index (χ0n) is 20.2. The highest BCUT2D eigenvalue weighted by molar-refractivity contribution is 5.97. The number of carbonyl (C=O) groups is 7. The van der Waals surface area contributed by atoms with Gasteiger partial charge in [-0.25, -0.2) is 4.79 Å². The third-order valence-corrected chi connectivity index (χ3v) is 5.10. The molecule has 0 aromatic heterocycles. The summed E-state index contributed by atoms with van der Waals surface area (Å²) in [7, 11) is 0. The van der Waals surface area contributed by atoms with Crippen molar-refractivity contribution in [2.75, 3.05) is 0 Å². The number of nitrogens with one attached hydrogen (secondary N) is 3. The average molecular weight is 538 g/mol. The van der Waals surface area contributed by atoms with Crippen molar-refractivity contribution in [3.8, 4) is 5.75 Å². The number of carboxylic acids is 1. The molecule has 4 unspecified atom stereocenters. The van der Waals surface area contributed by atoms with E-state index in [2.05, 4.69) is 16.0 Å². The van der Waals surface area contributed by atoms with Crippen LogP contribution in [0.1, 0.15) is 31.2 Å². The van der Waals surface area contributed by atoms with Crippen LogP contribution in [0.5, 0.6) is 5.75 Å². The normalized spacial score (nSPS) is 13.7. The van der Waals surface area contributed by atoms with Crippen molar-refractivity contribution in [1.82, 2.24) is 16.0 Å². The Morgan fingerprint density at radius 2 is 1.21 bits per heavy atom. The maximum Gasteiger partial charge on any atom is 0.326 e. The predicted molar refractivity (Wildman–Crippen MR) is 129 cm³/mol. The first kappa shape index (κ1) is 31.3. The Kier molecular flexibility index (Phi) is 12.1. The van der Waals surface area contributed by atoms with Gasteiger partial charge in [0.2, 0.25) is 35.4 Å². The van der Waals surface area contributed by atoms with Gasteiger partial charge in [-0.1, -0.05) is 12.1 Å². The lowest BCUT2D eigenvalue weighted by Gasteiger charge is -2.24. The fourth-order valence-corrected chi connectivity index (χ4v) is 3.17. The summed E-state index contributed by atoms with van der Waals surface area (Å²) in [6, 6.07) is -0.497. The highest BCUT2D eigenvalue weighted by Gasteiger charge is 2.31. The summed E-state index contributed by atoms with van der Waals surface area (Å²) in [6.07, 6.45) is -2.20. The van der Waals surface area contributed by atoms with Crippen LogP contribution in [0.3, 0.4) is 0 Å². The van der Waals surface area contributed by atoms with Crippen molar-refractivity contribution in [3.05, 3.63) is 29.8 Å². The summed E-state index contributed by atoms with van der Waals surface area (Å²) in [4.78, 5) is 83.5. The van der Waals surface area contributed by atoms with Crippen LogP contribution >= 0.6 is 0 Å². The number of primary amides is 3. The van der Waals surface area contributed by atoms with Gasteiger partial charge >= 0.3 is 5.97 Å². The fourth-order valence-electron chi connectivity index (χ4n) is 3.17. The minimum absolute atomic E-state index is 0.0490. The van der Waals surface area contributed by atoms with Gasteiger partial charge in [0.05, 0.1) is 18.9 Å². The molecule has 0 bridgehead atoms. The van der Waals surface area contributed by atoms with Gasteiger partial charge in [-0.05, 0) is 24.1 Å². The first-order valence-electron chi connectivity index (χ1n) is 11.2. The molecule has 38 heavy (non-hydrogen) atoms. The molecule has 16 heteroatoms. The molecule has 0 saturated carbocycles. The Bertz CT molecular complexity index is 1060. The molecule has 208 valence electrons. The van der Waals surface area contributed by atoms with E-state index in [1.165, 1.54) is 24.3 Å². The molecule has 0 saturated heterocycles. The molecule has 0 fully saturated rings. The number of rotatable bonds is 16. The average Bonchev–Trinajstić information content (AvgIpc) is 2.80. The first-order valence-corrected chi connectivity index (χ1v) is 11.2. The molecule has 13 N–H and O–H groups in total. The maximum atomic E-state index is 12.9. The fraction of sp³-hybridized carbons (Fsp3) is 0.409. The topological polar surface area (TPSA) is 300 Å². The largest absolute Gasteiger partial charge is 0.508 e. The third-order valence-electron chi connectivity index (χ3n) is 5.10. The predicted octanol–water partition coefficient (Wildman–Crippen LogP) is -4.18. The summed E-state index contributed by atoms with van der Waals surface area (Å²) >= 11 is 0. The highest BCUT2D eigenvalue weighted by atomic mass is 16.4. The molecule has 0 radical (unpaired) electrons. The van der Waals surface area contributed by atoms with E-state index in [0.717, 1.165) is 0 Å². The van der Waals surface area contributed by atoms with Gasteiger partial charge in [0.1, 0.15) is 23.9 Å². The highest BCUT2D eigenvalue weighted by Crippen LogP contribution is 2.12. The number of hydrogen-bond acceptors (Lipinski definition) is 9. The number of aromatic hydroxyl groups is 1. The summed E-state index contributed by atoms with van der Waals surface area (Å²) in [6.45, 7) is 0. The Morgan fingerprint density at radius 3 is 1.71 bits per heavy atom. The zero-order valence-corrected chi connectivity index (χ0v) is 20.2. The Morgan fingerprint density at radius 1 is 0.711 bits per heavy atom. The molecule has 1 aromatic carbocycles. The van der Waals surface area contributed by atoms with Crippen molar-refractivity contribution < 1.29 is 43.8 Å². The molecule has 1 aromatic rings. The molecule has 1 rings (SSSR count). The number of amides is 6. The van der Waals surface area contributed by atoms with Crippen LogP contribution < -0.4 is 38.9 Å². The van der Waals surface area contributed by atoms with Crippen LogP contribution in [-0.2, 0) is 40.0 Å². The van der Waals surface area contributed by atoms with Crippen LogP contribution in [-0.4, -0.2) is 75.8 Å². The summed E-state index contributed by atoms with van der Waals surface area (Å²) in [5.74, 6) is -7.28. The molecule has 0 aliphatic rings. The number of phenols is 1. The van der Waals surface area contributed by atoms with E-state index < -0.39 is 78.4 Å². The quantitative estimate of drug-likeness (QED) is 0.0979. The smallest absolute Gasteiger partial charge is 0.326 e. The molecule has 0 heterocycles. The van der Waals surface area contributed by atoms with Crippen molar-refractivity contribution in [1.29, 1.82) is 0 Å². The van der Waals surface area contributed by atoms with Crippen molar-refractivity contribution in [2.24, 2.45) is 22.9 Å². The van der Waals surface area contributed by atoms with Crippen molar-refractivity contribution in [3.63, 3.8) is 0 Å². The van der Waals surface area contributed by atoms with E-state index in [0.29, 0.717) is 5.56 Å². The molecule has 16 nitrogen and oxygen atoms in total. The van der Waals surface area contributed by atoms with Gasteiger partial charge in [-0.15, -0.1) is 0 Å². The second-order valence-electron chi connectivity index (χ2n) is 8.34. The van der Waals surface area contributed by atoms with E-state index in [1.807, 2.05) is 0 Å². The number of nitrogens with two attached hydrogens (primary N) is 4. The SMILES string of the molecule is NC(=O)CCC(NC(=O)C(CC(N)=O)NC(=O)C(N)CC(N)=O)C(=O)NC(Cc1ccc(O)cc1)C(=O)O. The number of carboxylic acid groups (broad SMARTS) is 1. The Hall–Kier alpha value is -4.73. The van der Waals surface area contributed by atoms with E-state index in [4.69, 9.17) is 22.9 Å². The molecule has 4 atom stereocenters. The summed E-state index contributed by atoms with van der Waals surface area (Å²) in [5.41, 5.74) is 21.3. The second-order valence-corrected chi connectivity index (χ2v) is 8.34. The summed E-state index contributed by atoms with van der Waals surface area (Å²) in [5, 5.41) is 25.6. The monoisotopic (exact) mass is 537 g/mol. The first-order chi connectivity index (χ1) is 17.7. The minimum Gasteiger partial charge on any atom is -0.508 e. The maximum absolute atomic E-state index is 12.9. The number of phenolic OH excluding ortho intramolecular Hbond substituents is 1. The molecule has 0 aliphatic heterocycles. The van der Waals surface area contributed by atoms with Gasteiger partial charge in [0.15, 0.2) is 0 Å². The minimum atomic E-state index is -1.63. The van der Waals surface area contributed by atoms with E-state index >= 15 is 0 Å². The lowest BCUT2D eigenvalue weighted by molar-refractivity contribution is -0.142. The van der Waals surface area contributed by atoms with E-state index in [1.54, 1.807) is 0 Å². The Labute approximate surface area is 216 Å². The third kappa shape index (κ3) is 11.3. The van der Waals surface area contributed by atoms with Crippen LogP contribution in [0.15, 0.2) is 24.3 Å². The summed E-state index contributed by atoms with van der Waals surface area (Å²) < 4.78 is 0. The van der Waals surface area contributed by atoms with Gasteiger partial charge < -0.3 is 49.1 Å². The van der Waals surface area contributed by atoms with Crippen LogP contribution in [0.2, 0.25) is 0 Å². The van der Waals surface area contributed by atoms with Crippen LogP contribution in [0, 0.1) is 0 Å². The number of hydrogen-bond donors (Lipinski definition) is 9. The van der Waals surface area contributed by atoms with Crippen molar-refractivity contribution >= 4 is 41.4 Å².